The minimum absolute atomic E-state index is 0.303. The average molecular weight is 195 g/mol. The molecule has 2 rings (SSSR count). The number of hydrogen-bond acceptors (Lipinski definition) is 3. The number of H-pyrrole nitrogens is 1. The Hall–Kier alpha value is -1.16. The fourth-order valence-corrected chi connectivity index (χ4v) is 1.44. The fraction of sp³-hybridized carbons (Fsp3) is 0.600. The molecule has 3 N–H and O–H groups in total. The zero-order chi connectivity index (χ0) is 10.2. The van der Waals surface area contributed by atoms with Crippen LogP contribution in [0.4, 0.5) is 0 Å². The Morgan fingerprint density at radius 2 is 2.07 bits per heavy atom. The Balaban J connectivity index is 0.000000140. The van der Waals surface area contributed by atoms with E-state index in [-0.39, 0.29) is 5.69 Å². The van der Waals surface area contributed by atoms with E-state index in [0.717, 1.165) is 0 Å². The second-order valence-corrected chi connectivity index (χ2v) is 3.48. The van der Waals surface area contributed by atoms with Gasteiger partial charge in [0.2, 0.25) is 0 Å². The monoisotopic (exact) mass is 195 g/mol. The summed E-state index contributed by atoms with van der Waals surface area (Å²) in [4.78, 5) is 15.8. The van der Waals surface area contributed by atoms with Crippen molar-refractivity contribution in [2.75, 3.05) is 0 Å². The van der Waals surface area contributed by atoms with Crippen molar-refractivity contribution in [2.24, 2.45) is 5.73 Å². The molecule has 1 aromatic heterocycles. The van der Waals surface area contributed by atoms with Gasteiger partial charge in [0, 0.05) is 18.4 Å². The van der Waals surface area contributed by atoms with Gasteiger partial charge in [-0.05, 0) is 18.9 Å². The molecule has 0 atom stereocenters. The minimum atomic E-state index is -0.303. The van der Waals surface area contributed by atoms with Crippen LogP contribution in [0.2, 0.25) is 0 Å². The first-order chi connectivity index (χ1) is 6.79. The lowest BCUT2D eigenvalue weighted by atomic mass is 9.97. The third-order valence-corrected chi connectivity index (χ3v) is 2.23. The molecule has 0 amide bonds. The van der Waals surface area contributed by atoms with E-state index < -0.39 is 0 Å². The summed E-state index contributed by atoms with van der Waals surface area (Å²) in [7, 11) is 0. The number of aromatic amines is 1. The molecule has 1 aliphatic rings. The predicted molar refractivity (Wildman–Crippen MR) is 55.9 cm³/mol. The molecule has 1 saturated carbocycles. The number of nitrogens with one attached hydrogen (secondary N) is 1. The first-order valence-corrected chi connectivity index (χ1v) is 5.04. The number of nitrogens with two attached hydrogens (primary N) is 1. The molecule has 0 unspecified atom stereocenters. The third-order valence-electron chi connectivity index (χ3n) is 2.23. The Bertz CT molecular complexity index is 274. The largest absolute Gasteiger partial charge is 0.344 e. The van der Waals surface area contributed by atoms with Gasteiger partial charge in [0.05, 0.1) is 0 Å². The summed E-state index contributed by atoms with van der Waals surface area (Å²) < 4.78 is 0. The molecule has 14 heavy (non-hydrogen) atoms. The second kappa shape index (κ2) is 6.32. The molecule has 1 heterocycles. The number of aromatic nitrogens is 2. The maximum Gasteiger partial charge on any atom is 0.344 e. The van der Waals surface area contributed by atoms with Crippen molar-refractivity contribution in [1.82, 2.24) is 9.97 Å². The van der Waals surface area contributed by atoms with E-state index >= 15 is 0 Å². The maximum atomic E-state index is 10.1. The molecule has 0 bridgehead atoms. The Kier molecular flexibility index (Phi) is 4.93. The zero-order valence-electron chi connectivity index (χ0n) is 8.28. The molecule has 4 heteroatoms. The van der Waals surface area contributed by atoms with Crippen molar-refractivity contribution >= 4 is 0 Å². The van der Waals surface area contributed by atoms with E-state index in [9.17, 15) is 4.79 Å². The van der Waals surface area contributed by atoms with Crippen molar-refractivity contribution in [3.05, 3.63) is 28.9 Å². The summed E-state index contributed by atoms with van der Waals surface area (Å²) in [6.07, 6.45) is 9.64. The van der Waals surface area contributed by atoms with Crippen molar-refractivity contribution in [3.8, 4) is 0 Å². The highest BCUT2D eigenvalue weighted by Crippen LogP contribution is 2.14. The van der Waals surface area contributed by atoms with Gasteiger partial charge in [-0.1, -0.05) is 19.3 Å². The van der Waals surface area contributed by atoms with Gasteiger partial charge in [0.1, 0.15) is 0 Å². The number of hydrogen-bond donors (Lipinski definition) is 2. The van der Waals surface area contributed by atoms with Crippen LogP contribution >= 0.6 is 0 Å². The van der Waals surface area contributed by atoms with Crippen molar-refractivity contribution in [1.29, 1.82) is 0 Å². The predicted octanol–water partition coefficient (Wildman–Crippen LogP) is 1.05. The molecule has 1 aromatic rings. The highest BCUT2D eigenvalue weighted by atomic mass is 16.1. The van der Waals surface area contributed by atoms with Crippen LogP contribution in [0.1, 0.15) is 32.1 Å². The molecule has 78 valence electrons. The molecule has 0 radical (unpaired) electrons. The molecular weight excluding hydrogens is 178 g/mol. The summed E-state index contributed by atoms with van der Waals surface area (Å²) in [6.45, 7) is 0. The standard InChI is InChI=1S/C6H13N.C4H4N2O/c7-6-4-2-1-3-5-6;7-4-5-2-1-3-6-4/h6H,1-5,7H2;1-3H,(H,5,6,7). The van der Waals surface area contributed by atoms with Crippen LogP contribution in [-0.2, 0) is 0 Å². The van der Waals surface area contributed by atoms with Crippen molar-refractivity contribution in [2.45, 2.75) is 38.1 Å². The van der Waals surface area contributed by atoms with E-state index in [1.165, 1.54) is 44.5 Å². The van der Waals surface area contributed by atoms with E-state index in [2.05, 4.69) is 9.97 Å². The Morgan fingerprint density at radius 1 is 1.36 bits per heavy atom. The van der Waals surface area contributed by atoms with Crippen LogP contribution in [0.3, 0.4) is 0 Å². The third kappa shape index (κ3) is 4.77. The smallest absolute Gasteiger partial charge is 0.328 e. The van der Waals surface area contributed by atoms with Crippen LogP contribution in [0, 0.1) is 0 Å². The molecule has 0 spiro atoms. The normalized spacial score (nSPS) is 16.9. The van der Waals surface area contributed by atoms with Crippen LogP contribution in [-0.4, -0.2) is 16.0 Å². The molecular formula is C10H17N3O. The average Bonchev–Trinajstić information content (AvgIpc) is 2.21. The van der Waals surface area contributed by atoms with E-state index in [1.807, 2.05) is 0 Å². The van der Waals surface area contributed by atoms with Gasteiger partial charge in [-0.2, -0.15) is 0 Å². The van der Waals surface area contributed by atoms with Gasteiger partial charge >= 0.3 is 5.69 Å². The van der Waals surface area contributed by atoms with E-state index in [4.69, 9.17) is 5.73 Å². The first kappa shape index (κ1) is 10.9. The molecule has 0 saturated heterocycles. The Morgan fingerprint density at radius 3 is 2.36 bits per heavy atom. The molecule has 4 nitrogen and oxygen atoms in total. The quantitative estimate of drug-likeness (QED) is 0.650. The van der Waals surface area contributed by atoms with E-state index in [1.54, 1.807) is 6.07 Å². The Labute approximate surface area is 83.6 Å². The van der Waals surface area contributed by atoms with Gasteiger partial charge in [0.15, 0.2) is 0 Å². The topological polar surface area (TPSA) is 71.8 Å². The summed E-state index contributed by atoms with van der Waals surface area (Å²) in [6, 6.07) is 2.19. The van der Waals surface area contributed by atoms with Crippen molar-refractivity contribution in [3.63, 3.8) is 0 Å². The van der Waals surface area contributed by atoms with Gasteiger partial charge < -0.3 is 10.7 Å². The summed E-state index contributed by atoms with van der Waals surface area (Å²) in [5, 5.41) is 0. The first-order valence-electron chi connectivity index (χ1n) is 5.04. The maximum absolute atomic E-state index is 10.1. The van der Waals surface area contributed by atoms with Crippen LogP contribution in [0.5, 0.6) is 0 Å². The zero-order valence-corrected chi connectivity index (χ0v) is 8.28. The van der Waals surface area contributed by atoms with Crippen LogP contribution < -0.4 is 11.4 Å². The fourth-order valence-electron chi connectivity index (χ4n) is 1.44. The molecule has 1 aliphatic carbocycles. The lowest BCUT2D eigenvalue weighted by Gasteiger charge is -2.15. The molecule has 1 fully saturated rings. The summed E-state index contributed by atoms with van der Waals surface area (Å²) >= 11 is 0. The summed E-state index contributed by atoms with van der Waals surface area (Å²) in [5.41, 5.74) is 5.33. The van der Waals surface area contributed by atoms with Crippen molar-refractivity contribution < 1.29 is 0 Å². The van der Waals surface area contributed by atoms with E-state index in [0.29, 0.717) is 6.04 Å². The summed E-state index contributed by atoms with van der Waals surface area (Å²) in [5.74, 6) is 0. The highest BCUT2D eigenvalue weighted by Gasteiger charge is 2.06. The second-order valence-electron chi connectivity index (χ2n) is 3.48. The lowest BCUT2D eigenvalue weighted by Crippen LogP contribution is -2.22. The van der Waals surface area contributed by atoms with Gasteiger partial charge in [0.25, 0.3) is 0 Å². The lowest BCUT2D eigenvalue weighted by molar-refractivity contribution is 0.441. The minimum Gasteiger partial charge on any atom is -0.328 e. The number of nitrogens with zero attached hydrogens (tertiary/aromatic N) is 1. The molecule has 0 aliphatic heterocycles. The number of rotatable bonds is 0. The SMILES string of the molecule is NC1CCCCC1.O=c1nccc[nH]1. The van der Waals surface area contributed by atoms with Gasteiger partial charge in [-0.25, -0.2) is 9.78 Å². The van der Waals surface area contributed by atoms with Crippen LogP contribution in [0.15, 0.2) is 23.3 Å². The van der Waals surface area contributed by atoms with Gasteiger partial charge in [-0.15, -0.1) is 0 Å². The van der Waals surface area contributed by atoms with Gasteiger partial charge in [-0.3, -0.25) is 0 Å². The molecule has 0 aromatic carbocycles. The highest BCUT2D eigenvalue weighted by molar-refractivity contribution is 4.75. The van der Waals surface area contributed by atoms with Crippen LogP contribution in [0.25, 0.3) is 0 Å².